The molecule has 9 heteroatoms. The molecule has 172 valence electrons. The molecule has 0 atom stereocenters. The fourth-order valence-electron chi connectivity index (χ4n) is 4.34. The van der Waals surface area contributed by atoms with Crippen LogP contribution in [0.5, 0.6) is 5.75 Å². The monoisotopic (exact) mass is 467 g/mol. The molecule has 0 unspecified atom stereocenters. The lowest BCUT2D eigenvalue weighted by molar-refractivity contribution is 0.0156. The molecule has 3 aromatic heterocycles. The molecule has 1 aliphatic rings. The van der Waals surface area contributed by atoms with Crippen LogP contribution in [0.1, 0.15) is 37.9 Å². The lowest BCUT2D eigenvalue weighted by Crippen LogP contribution is -2.46. The van der Waals surface area contributed by atoms with E-state index in [2.05, 4.69) is 16.0 Å². The van der Waals surface area contributed by atoms with Crippen molar-refractivity contribution >= 4 is 28.3 Å². The molecule has 4 rings (SSSR count). The van der Waals surface area contributed by atoms with E-state index < -0.39 is 5.60 Å². The number of aliphatic hydroxyl groups is 1. The van der Waals surface area contributed by atoms with Crippen molar-refractivity contribution in [3.8, 4) is 11.8 Å². The Labute approximate surface area is 197 Å². The summed E-state index contributed by atoms with van der Waals surface area (Å²) < 4.78 is 7.15. The summed E-state index contributed by atoms with van der Waals surface area (Å²) in [6.45, 7) is 4.84. The quantitative estimate of drug-likeness (QED) is 0.574. The van der Waals surface area contributed by atoms with Crippen LogP contribution in [0.25, 0.3) is 11.0 Å². The number of hydrogen-bond donors (Lipinski definition) is 1. The Bertz CT molecular complexity index is 1290. The number of pyridine rings is 3. The van der Waals surface area contributed by atoms with E-state index in [1.54, 1.807) is 31.4 Å². The fraction of sp³-hybridized carbons (Fsp3) is 0.417. The second-order valence-electron chi connectivity index (χ2n) is 8.74. The Balaban J connectivity index is 1.61. The Morgan fingerprint density at radius 3 is 2.70 bits per heavy atom. The summed E-state index contributed by atoms with van der Waals surface area (Å²) in [6.07, 6.45) is 3.03. The first kappa shape index (κ1) is 23.0. The number of aryl methyl sites for hydroxylation is 1. The summed E-state index contributed by atoms with van der Waals surface area (Å²) in [5.41, 5.74) is 1.05. The highest BCUT2D eigenvalue weighted by molar-refractivity contribution is 6.29. The van der Waals surface area contributed by atoms with E-state index in [0.717, 1.165) is 11.4 Å². The number of rotatable bonds is 5. The third-order valence-electron chi connectivity index (χ3n) is 5.97. The van der Waals surface area contributed by atoms with Crippen LogP contribution in [0.15, 0.2) is 35.3 Å². The molecule has 1 aliphatic heterocycles. The predicted molar refractivity (Wildman–Crippen MR) is 127 cm³/mol. The van der Waals surface area contributed by atoms with Gasteiger partial charge in [0.1, 0.15) is 28.1 Å². The van der Waals surface area contributed by atoms with Gasteiger partial charge in [-0.3, -0.25) is 9.78 Å². The minimum absolute atomic E-state index is 0.0328. The average molecular weight is 468 g/mol. The molecule has 1 fully saturated rings. The fourth-order valence-corrected chi connectivity index (χ4v) is 4.48. The SMILES string of the molecule is CC(C)Oc1ccnc(CC2(O)CCN(c3c(C#N)c(=O)n(C)c4ccc(Cl)nc34)CC2)c1. The first-order chi connectivity index (χ1) is 15.7. The van der Waals surface area contributed by atoms with E-state index in [4.69, 9.17) is 16.3 Å². The molecule has 0 spiro atoms. The summed E-state index contributed by atoms with van der Waals surface area (Å²) in [7, 11) is 1.62. The highest BCUT2D eigenvalue weighted by Gasteiger charge is 2.35. The van der Waals surface area contributed by atoms with E-state index in [0.29, 0.717) is 49.1 Å². The number of anilines is 1. The normalized spacial score (nSPS) is 15.6. The van der Waals surface area contributed by atoms with Crippen LogP contribution in [0.2, 0.25) is 5.15 Å². The number of nitrogens with zero attached hydrogens (tertiary/aromatic N) is 5. The third-order valence-corrected chi connectivity index (χ3v) is 6.18. The zero-order chi connectivity index (χ0) is 23.8. The lowest BCUT2D eigenvalue weighted by atomic mass is 9.86. The standard InChI is InChI=1S/C24H26ClN5O3/c1-15(2)33-17-6-9-27-16(12-17)13-24(32)7-10-30(11-8-24)22-18(14-26)23(31)29(3)19-4-5-20(25)28-21(19)22/h4-6,9,12,15,32H,7-8,10-11,13H2,1-3H3. The van der Waals surface area contributed by atoms with Gasteiger partial charge in [0.2, 0.25) is 0 Å². The van der Waals surface area contributed by atoms with Crippen molar-refractivity contribution in [2.24, 2.45) is 7.05 Å². The topological polar surface area (TPSA) is 104 Å². The number of fused-ring (bicyclic) bond motifs is 1. The summed E-state index contributed by atoms with van der Waals surface area (Å²) in [5, 5.41) is 21.3. The highest BCUT2D eigenvalue weighted by atomic mass is 35.5. The minimum Gasteiger partial charge on any atom is -0.491 e. The van der Waals surface area contributed by atoms with Crippen LogP contribution in [-0.4, -0.2) is 44.4 Å². The maximum Gasteiger partial charge on any atom is 0.270 e. The van der Waals surface area contributed by atoms with Gasteiger partial charge in [0.05, 0.1) is 22.9 Å². The highest BCUT2D eigenvalue weighted by Crippen LogP contribution is 2.34. The summed E-state index contributed by atoms with van der Waals surface area (Å²) in [4.78, 5) is 23.6. The Hall–Kier alpha value is -3.15. The Kier molecular flexibility index (Phi) is 6.28. The molecular weight excluding hydrogens is 442 g/mol. The van der Waals surface area contributed by atoms with Gasteiger partial charge in [0, 0.05) is 44.5 Å². The van der Waals surface area contributed by atoms with Crippen LogP contribution in [-0.2, 0) is 13.5 Å². The van der Waals surface area contributed by atoms with Gasteiger partial charge in [-0.05, 0) is 44.9 Å². The number of hydrogen-bond acceptors (Lipinski definition) is 7. The maximum absolute atomic E-state index is 12.8. The van der Waals surface area contributed by atoms with E-state index in [1.807, 2.05) is 24.8 Å². The van der Waals surface area contributed by atoms with E-state index in [9.17, 15) is 15.2 Å². The molecule has 0 aromatic carbocycles. The predicted octanol–water partition coefficient (Wildman–Crippen LogP) is 3.21. The second kappa shape index (κ2) is 9.00. The largest absolute Gasteiger partial charge is 0.491 e. The average Bonchev–Trinajstić information content (AvgIpc) is 2.76. The number of ether oxygens (including phenoxy) is 1. The first-order valence-electron chi connectivity index (χ1n) is 10.9. The molecule has 1 N–H and O–H groups in total. The molecule has 33 heavy (non-hydrogen) atoms. The number of halogens is 1. The van der Waals surface area contributed by atoms with Crippen molar-refractivity contribution < 1.29 is 9.84 Å². The number of aromatic nitrogens is 3. The molecule has 0 amide bonds. The van der Waals surface area contributed by atoms with E-state index in [-0.39, 0.29) is 22.4 Å². The van der Waals surface area contributed by atoms with Gasteiger partial charge in [-0.25, -0.2) is 4.98 Å². The Morgan fingerprint density at radius 1 is 1.30 bits per heavy atom. The van der Waals surface area contributed by atoms with Crippen LogP contribution in [0.3, 0.4) is 0 Å². The first-order valence-corrected chi connectivity index (χ1v) is 11.3. The van der Waals surface area contributed by atoms with Gasteiger partial charge in [-0.2, -0.15) is 5.26 Å². The van der Waals surface area contributed by atoms with Gasteiger partial charge in [-0.15, -0.1) is 0 Å². The zero-order valence-corrected chi connectivity index (χ0v) is 19.6. The van der Waals surface area contributed by atoms with Crippen molar-refractivity contribution in [2.45, 2.75) is 44.8 Å². The van der Waals surface area contributed by atoms with Crippen LogP contribution >= 0.6 is 11.6 Å². The van der Waals surface area contributed by atoms with Gasteiger partial charge in [0.15, 0.2) is 0 Å². The van der Waals surface area contributed by atoms with Crippen molar-refractivity contribution in [1.29, 1.82) is 5.26 Å². The van der Waals surface area contributed by atoms with Crippen LogP contribution < -0.4 is 15.2 Å². The maximum atomic E-state index is 12.8. The van der Waals surface area contributed by atoms with Gasteiger partial charge >= 0.3 is 0 Å². The van der Waals surface area contributed by atoms with Crippen molar-refractivity contribution in [2.75, 3.05) is 18.0 Å². The molecule has 8 nitrogen and oxygen atoms in total. The van der Waals surface area contributed by atoms with Crippen LogP contribution in [0.4, 0.5) is 5.69 Å². The molecule has 4 heterocycles. The molecule has 0 saturated carbocycles. The number of piperidine rings is 1. The molecular formula is C24H26ClN5O3. The molecule has 1 saturated heterocycles. The van der Waals surface area contributed by atoms with E-state index in [1.165, 1.54) is 4.57 Å². The molecule has 0 radical (unpaired) electrons. The van der Waals surface area contributed by atoms with Gasteiger partial charge in [0.25, 0.3) is 5.56 Å². The minimum atomic E-state index is -0.951. The summed E-state index contributed by atoms with van der Waals surface area (Å²) in [6, 6.07) is 9.07. The zero-order valence-electron chi connectivity index (χ0n) is 18.9. The molecule has 0 bridgehead atoms. The Morgan fingerprint density at radius 2 is 2.03 bits per heavy atom. The number of nitriles is 1. The summed E-state index contributed by atoms with van der Waals surface area (Å²) >= 11 is 6.14. The smallest absolute Gasteiger partial charge is 0.270 e. The summed E-state index contributed by atoms with van der Waals surface area (Å²) in [5.74, 6) is 0.726. The van der Waals surface area contributed by atoms with Crippen molar-refractivity contribution in [1.82, 2.24) is 14.5 Å². The molecule has 3 aromatic rings. The molecule has 0 aliphatic carbocycles. The van der Waals surface area contributed by atoms with Crippen LogP contribution in [0, 0.1) is 11.3 Å². The second-order valence-corrected chi connectivity index (χ2v) is 9.13. The van der Waals surface area contributed by atoms with Gasteiger partial charge < -0.3 is 19.3 Å². The third kappa shape index (κ3) is 4.65. The lowest BCUT2D eigenvalue weighted by Gasteiger charge is -2.39. The van der Waals surface area contributed by atoms with Crippen molar-refractivity contribution in [3.05, 3.63) is 57.2 Å². The van der Waals surface area contributed by atoms with E-state index >= 15 is 0 Å². The van der Waals surface area contributed by atoms with Gasteiger partial charge in [-0.1, -0.05) is 11.6 Å². The van der Waals surface area contributed by atoms with Crippen molar-refractivity contribution in [3.63, 3.8) is 0 Å².